The van der Waals surface area contributed by atoms with Gasteiger partial charge in [-0.25, -0.2) is 0 Å². The predicted molar refractivity (Wildman–Crippen MR) is 215 cm³/mol. The van der Waals surface area contributed by atoms with Crippen LogP contribution in [0.15, 0.2) is 138 Å². The van der Waals surface area contributed by atoms with E-state index in [1.54, 1.807) is 19.3 Å². The first kappa shape index (κ1) is 35.2. The van der Waals surface area contributed by atoms with Crippen LogP contribution in [0.5, 0.6) is 5.75 Å². The van der Waals surface area contributed by atoms with Crippen LogP contribution in [0.25, 0.3) is 12.2 Å². The van der Waals surface area contributed by atoms with Gasteiger partial charge in [0.15, 0.2) is 0 Å². The third kappa shape index (κ3) is 7.02. The van der Waals surface area contributed by atoms with Crippen molar-refractivity contribution in [2.24, 2.45) is 0 Å². The van der Waals surface area contributed by atoms with E-state index in [0.29, 0.717) is 17.1 Å². The zero-order valence-electron chi connectivity index (χ0n) is 31.1. The van der Waals surface area contributed by atoms with E-state index in [1.165, 1.54) is 16.8 Å². The van der Waals surface area contributed by atoms with E-state index in [1.807, 2.05) is 72.8 Å². The smallest absolute Gasteiger partial charge is 0.137 e. The molecule has 6 heteroatoms. The molecule has 4 aromatic carbocycles. The number of nitrogens with zero attached hydrogens (tertiary/aromatic N) is 4. The first-order valence-corrected chi connectivity index (χ1v) is 18.1. The molecular formula is C47H44N4O2. The van der Waals surface area contributed by atoms with Crippen molar-refractivity contribution in [2.75, 3.05) is 30.0 Å². The van der Waals surface area contributed by atoms with Crippen molar-refractivity contribution in [3.8, 4) is 17.9 Å². The molecule has 0 radical (unpaired) electrons. The first-order valence-electron chi connectivity index (χ1n) is 18.1. The van der Waals surface area contributed by atoms with E-state index in [0.717, 1.165) is 59.9 Å². The van der Waals surface area contributed by atoms with E-state index >= 15 is 0 Å². The maximum Gasteiger partial charge on any atom is 0.137 e. The Balaban J connectivity index is 1.19. The van der Waals surface area contributed by atoms with Crippen LogP contribution >= 0.6 is 0 Å². The highest BCUT2D eigenvalue weighted by molar-refractivity contribution is 5.79. The molecule has 4 aromatic rings. The second-order valence-electron chi connectivity index (χ2n) is 15.0. The molecule has 0 atom stereocenters. The summed E-state index contributed by atoms with van der Waals surface area (Å²) >= 11 is 0. The Bertz CT molecular complexity index is 2200. The molecular weight excluding hydrogens is 653 g/mol. The summed E-state index contributed by atoms with van der Waals surface area (Å²) in [7, 11) is 1.75. The first-order chi connectivity index (χ1) is 25.6. The van der Waals surface area contributed by atoms with Gasteiger partial charge in [-0.05, 0) is 108 Å². The van der Waals surface area contributed by atoms with Crippen LogP contribution in [0.1, 0.15) is 62.8 Å². The van der Waals surface area contributed by atoms with E-state index in [9.17, 15) is 10.5 Å². The minimum atomic E-state index is -0.0471. The minimum Gasteiger partial charge on any atom is -0.496 e. The number of hydrogen-bond acceptors (Lipinski definition) is 6. The fourth-order valence-corrected chi connectivity index (χ4v) is 7.61. The van der Waals surface area contributed by atoms with Crippen LogP contribution in [0.4, 0.5) is 22.7 Å². The largest absolute Gasteiger partial charge is 0.496 e. The second-order valence-corrected chi connectivity index (χ2v) is 15.0. The number of hydrogen-bond donors (Lipinski definition) is 0. The van der Waals surface area contributed by atoms with Crippen molar-refractivity contribution in [2.45, 2.75) is 51.4 Å². The molecule has 7 rings (SSSR count). The van der Waals surface area contributed by atoms with E-state index in [4.69, 9.17) is 9.47 Å². The Kier molecular flexibility index (Phi) is 9.56. The van der Waals surface area contributed by atoms with Crippen molar-refractivity contribution >= 4 is 34.9 Å². The lowest BCUT2D eigenvalue weighted by molar-refractivity contribution is 0.332. The van der Waals surface area contributed by atoms with Crippen LogP contribution in [0.3, 0.4) is 0 Å². The summed E-state index contributed by atoms with van der Waals surface area (Å²) in [4.78, 5) is 4.75. The summed E-state index contributed by atoms with van der Waals surface area (Å²) in [5.74, 6) is 1.93. The van der Waals surface area contributed by atoms with Crippen LogP contribution in [0, 0.1) is 22.7 Å². The molecule has 6 nitrogen and oxygen atoms in total. The van der Waals surface area contributed by atoms with Crippen LogP contribution in [-0.2, 0) is 15.6 Å². The van der Waals surface area contributed by atoms with Gasteiger partial charge in [0, 0.05) is 52.5 Å². The third-order valence-corrected chi connectivity index (χ3v) is 10.6. The molecule has 53 heavy (non-hydrogen) atoms. The molecule has 0 saturated carbocycles. The Morgan fingerprint density at radius 1 is 0.736 bits per heavy atom. The summed E-state index contributed by atoms with van der Waals surface area (Å²) in [5, 5.41) is 19.6. The molecule has 3 aliphatic rings. The number of nitriles is 2. The molecule has 0 N–H and O–H groups in total. The molecule has 264 valence electrons. The lowest BCUT2D eigenvalue weighted by atomic mass is 9.68. The van der Waals surface area contributed by atoms with Gasteiger partial charge in [-0.3, -0.25) is 0 Å². The summed E-state index contributed by atoms with van der Waals surface area (Å²) in [6.07, 6.45) is 13.4. The molecule has 0 bridgehead atoms. The highest BCUT2D eigenvalue weighted by Crippen LogP contribution is 2.53. The topological polar surface area (TPSA) is 72.5 Å². The fourth-order valence-electron chi connectivity index (χ4n) is 7.61. The van der Waals surface area contributed by atoms with Gasteiger partial charge in [0.2, 0.25) is 0 Å². The SMILES string of the molecule is COc1c(/C=C/C2=CC(=C(C#N)C#N)C=C(/C=C/c3ccc(N(c4ccccc4)c4ccccc4)cc3)O2)cc2c3c1C(C)(C)CCN3CCC2(C)C. The molecule has 0 aliphatic carbocycles. The number of para-hydroxylation sites is 2. The van der Waals surface area contributed by atoms with Crippen LogP contribution < -0.4 is 14.5 Å². The lowest BCUT2D eigenvalue weighted by Crippen LogP contribution is -2.45. The van der Waals surface area contributed by atoms with Gasteiger partial charge in [0.25, 0.3) is 0 Å². The van der Waals surface area contributed by atoms with Gasteiger partial charge in [0.05, 0.1) is 7.11 Å². The van der Waals surface area contributed by atoms with Crippen molar-refractivity contribution < 1.29 is 9.47 Å². The van der Waals surface area contributed by atoms with Gasteiger partial charge < -0.3 is 19.3 Å². The van der Waals surface area contributed by atoms with Crippen LogP contribution in [0.2, 0.25) is 0 Å². The van der Waals surface area contributed by atoms with Gasteiger partial charge >= 0.3 is 0 Å². The Labute approximate surface area is 313 Å². The highest BCUT2D eigenvalue weighted by atomic mass is 16.5. The normalized spacial score (nSPS) is 16.9. The van der Waals surface area contributed by atoms with E-state index in [2.05, 4.69) is 92.1 Å². The van der Waals surface area contributed by atoms with Crippen LogP contribution in [-0.4, -0.2) is 20.2 Å². The average Bonchev–Trinajstić information content (AvgIpc) is 3.17. The Morgan fingerprint density at radius 3 is 1.85 bits per heavy atom. The third-order valence-electron chi connectivity index (χ3n) is 10.6. The van der Waals surface area contributed by atoms with Crippen molar-refractivity contribution in [3.63, 3.8) is 0 Å². The molecule has 0 spiro atoms. The quantitative estimate of drug-likeness (QED) is 0.171. The Hall–Kier alpha value is -6.24. The number of ether oxygens (including phenoxy) is 2. The monoisotopic (exact) mass is 696 g/mol. The summed E-state index contributed by atoms with van der Waals surface area (Å²) < 4.78 is 12.5. The zero-order chi connectivity index (χ0) is 37.2. The van der Waals surface area contributed by atoms with E-state index in [-0.39, 0.29) is 16.4 Å². The van der Waals surface area contributed by atoms with Crippen molar-refractivity contribution in [1.29, 1.82) is 10.5 Å². The summed E-state index contributed by atoms with van der Waals surface area (Å²) in [6.45, 7) is 11.4. The molecule has 0 aromatic heterocycles. The number of allylic oxidation sites excluding steroid dienone is 6. The molecule has 0 fully saturated rings. The number of methoxy groups -OCH3 is 1. The van der Waals surface area contributed by atoms with E-state index < -0.39 is 0 Å². The minimum absolute atomic E-state index is 0.0220. The highest BCUT2D eigenvalue weighted by Gasteiger charge is 2.42. The lowest BCUT2D eigenvalue weighted by Gasteiger charge is -2.48. The van der Waals surface area contributed by atoms with Gasteiger partial charge in [-0.15, -0.1) is 0 Å². The second kappa shape index (κ2) is 14.4. The molecule has 0 unspecified atom stereocenters. The molecule has 3 heterocycles. The van der Waals surface area contributed by atoms with Gasteiger partial charge in [-0.2, -0.15) is 10.5 Å². The van der Waals surface area contributed by atoms with Gasteiger partial charge in [-0.1, -0.05) is 82.3 Å². The molecule has 3 aliphatic heterocycles. The maximum absolute atomic E-state index is 9.78. The average molecular weight is 697 g/mol. The molecule has 0 amide bonds. The standard InChI is InChI=1S/C47H44N4O2/c1-46(2)24-26-50-27-25-47(3,4)43-44(50)42(46)30-34(45(43)52-5)19-23-41-29-35(36(31-48)32-49)28-40(53-41)22-18-33-16-20-39(21-17-33)51(37-12-8-6-9-13-37)38-14-10-7-11-15-38/h6-23,28-30H,24-27H2,1-5H3/b22-18+,23-19+. The Morgan fingerprint density at radius 2 is 1.28 bits per heavy atom. The number of anilines is 4. The van der Waals surface area contributed by atoms with Gasteiger partial charge in [0.1, 0.15) is 35.0 Å². The predicted octanol–water partition coefficient (Wildman–Crippen LogP) is 11.2. The maximum atomic E-state index is 9.78. The molecule has 0 saturated heterocycles. The number of benzene rings is 4. The fraction of sp³-hybridized carbons (Fsp3) is 0.234. The van der Waals surface area contributed by atoms with Crippen molar-refractivity contribution in [3.05, 3.63) is 160 Å². The summed E-state index contributed by atoms with van der Waals surface area (Å²) in [5.41, 5.74) is 9.56. The zero-order valence-corrected chi connectivity index (χ0v) is 31.1. The summed E-state index contributed by atoms with van der Waals surface area (Å²) in [6, 6.07) is 35.3. The van der Waals surface area contributed by atoms with Crippen molar-refractivity contribution in [1.82, 2.24) is 0 Å². The number of rotatable bonds is 8.